The fourth-order valence-electron chi connectivity index (χ4n) is 2.70. The van der Waals surface area contributed by atoms with Crippen LogP contribution < -0.4 is 5.73 Å². The third-order valence-corrected chi connectivity index (χ3v) is 4.78. The molecule has 1 aliphatic heterocycles. The Morgan fingerprint density at radius 2 is 2.41 bits per heavy atom. The Kier molecular flexibility index (Phi) is 4.54. The lowest BCUT2D eigenvalue weighted by molar-refractivity contribution is 0.0979. The maximum atomic E-state index is 5.91. The number of rotatable bonds is 4. The van der Waals surface area contributed by atoms with Gasteiger partial charge in [0, 0.05) is 24.5 Å². The number of nitrogens with zero attached hydrogens (tertiary/aromatic N) is 2. The van der Waals surface area contributed by atoms with E-state index in [1.54, 1.807) is 11.3 Å². The van der Waals surface area contributed by atoms with Crippen molar-refractivity contribution < 1.29 is 0 Å². The van der Waals surface area contributed by atoms with Crippen LogP contribution in [0.1, 0.15) is 37.4 Å². The maximum Gasteiger partial charge on any atom is 0.0926 e. The Morgan fingerprint density at radius 3 is 3.06 bits per heavy atom. The molecule has 17 heavy (non-hydrogen) atoms. The zero-order chi connectivity index (χ0) is 12.3. The molecule has 1 saturated heterocycles. The van der Waals surface area contributed by atoms with Gasteiger partial charge in [-0.1, -0.05) is 13.8 Å². The number of aryl methyl sites for hydroxylation is 1. The highest BCUT2D eigenvalue weighted by molar-refractivity contribution is 7.09. The summed E-state index contributed by atoms with van der Waals surface area (Å²) < 4.78 is 0. The molecule has 0 saturated carbocycles. The van der Waals surface area contributed by atoms with Gasteiger partial charge in [0.2, 0.25) is 0 Å². The number of hydrogen-bond donors (Lipinski definition) is 1. The van der Waals surface area contributed by atoms with Gasteiger partial charge in [0.05, 0.1) is 10.7 Å². The minimum Gasteiger partial charge on any atom is -0.329 e. The smallest absolute Gasteiger partial charge is 0.0926 e. The van der Waals surface area contributed by atoms with Crippen molar-refractivity contribution in [3.05, 3.63) is 16.1 Å². The first-order chi connectivity index (χ1) is 8.24. The van der Waals surface area contributed by atoms with Crippen LogP contribution in [0.15, 0.2) is 5.38 Å². The van der Waals surface area contributed by atoms with Crippen LogP contribution in [0.5, 0.6) is 0 Å². The van der Waals surface area contributed by atoms with Crippen molar-refractivity contribution in [3.63, 3.8) is 0 Å². The Bertz CT molecular complexity index is 350. The summed E-state index contributed by atoms with van der Waals surface area (Å²) in [5.74, 6) is 0.720. The van der Waals surface area contributed by atoms with E-state index in [0.717, 1.165) is 25.4 Å². The fraction of sp³-hybridized carbons (Fsp3) is 0.769. The average Bonchev–Trinajstić information content (AvgIpc) is 2.77. The molecule has 2 atom stereocenters. The largest absolute Gasteiger partial charge is 0.329 e. The number of thiazole rings is 1. The van der Waals surface area contributed by atoms with Gasteiger partial charge in [-0.15, -0.1) is 11.3 Å². The first kappa shape index (κ1) is 13.0. The van der Waals surface area contributed by atoms with Gasteiger partial charge in [-0.05, 0) is 31.7 Å². The van der Waals surface area contributed by atoms with E-state index in [-0.39, 0.29) is 0 Å². The second-order valence-corrected chi connectivity index (χ2v) is 5.92. The topological polar surface area (TPSA) is 42.2 Å². The first-order valence-electron chi connectivity index (χ1n) is 6.62. The summed E-state index contributed by atoms with van der Waals surface area (Å²) in [7, 11) is 0. The predicted octanol–water partition coefficient (Wildman–Crippen LogP) is 2.26. The minimum absolute atomic E-state index is 0.538. The lowest BCUT2D eigenvalue weighted by atomic mass is 9.91. The number of piperidine rings is 1. The highest BCUT2D eigenvalue weighted by Crippen LogP contribution is 2.24. The molecule has 0 spiro atoms. The Labute approximate surface area is 108 Å². The predicted molar refractivity (Wildman–Crippen MR) is 73.1 cm³/mol. The van der Waals surface area contributed by atoms with E-state index < -0.39 is 0 Å². The highest BCUT2D eigenvalue weighted by Gasteiger charge is 2.27. The Balaban J connectivity index is 2.00. The molecule has 1 aromatic heterocycles. The van der Waals surface area contributed by atoms with Crippen molar-refractivity contribution in [1.82, 2.24) is 9.88 Å². The molecule has 1 fully saturated rings. The van der Waals surface area contributed by atoms with Gasteiger partial charge >= 0.3 is 0 Å². The zero-order valence-corrected chi connectivity index (χ0v) is 11.7. The number of aromatic nitrogens is 1. The van der Waals surface area contributed by atoms with Crippen LogP contribution >= 0.6 is 11.3 Å². The molecule has 2 N–H and O–H groups in total. The van der Waals surface area contributed by atoms with E-state index in [1.807, 2.05) is 0 Å². The van der Waals surface area contributed by atoms with Crippen LogP contribution in [0.3, 0.4) is 0 Å². The molecule has 0 aliphatic carbocycles. The first-order valence-corrected chi connectivity index (χ1v) is 7.50. The molecule has 0 amide bonds. The normalized spacial score (nSPS) is 26.3. The summed E-state index contributed by atoms with van der Waals surface area (Å²) in [4.78, 5) is 7.17. The quantitative estimate of drug-likeness (QED) is 0.895. The standard InChI is InChI=1S/C13H23N3S/c1-3-13-15-11(9-17-13)8-16-6-4-5-10(2)12(16)7-14/h9-10,12H,3-8,14H2,1-2H3. The Morgan fingerprint density at radius 1 is 1.59 bits per heavy atom. The van der Waals surface area contributed by atoms with Gasteiger partial charge in [-0.2, -0.15) is 0 Å². The molecule has 2 heterocycles. The van der Waals surface area contributed by atoms with Crippen molar-refractivity contribution in [2.45, 2.75) is 45.7 Å². The molecule has 2 unspecified atom stereocenters. The minimum atomic E-state index is 0.538. The molecule has 1 aliphatic rings. The zero-order valence-electron chi connectivity index (χ0n) is 10.9. The third-order valence-electron chi connectivity index (χ3n) is 3.74. The molecule has 3 nitrogen and oxygen atoms in total. The monoisotopic (exact) mass is 253 g/mol. The summed E-state index contributed by atoms with van der Waals surface area (Å²) in [6, 6.07) is 0.538. The summed E-state index contributed by atoms with van der Waals surface area (Å²) in [6.07, 6.45) is 3.65. The van der Waals surface area contributed by atoms with Crippen LogP contribution in [0.2, 0.25) is 0 Å². The van der Waals surface area contributed by atoms with Crippen LogP contribution in [0, 0.1) is 5.92 Å². The van der Waals surface area contributed by atoms with E-state index in [0.29, 0.717) is 6.04 Å². The molecular weight excluding hydrogens is 230 g/mol. The van der Waals surface area contributed by atoms with Crippen molar-refractivity contribution in [1.29, 1.82) is 0 Å². The summed E-state index contributed by atoms with van der Waals surface area (Å²) in [6.45, 7) is 7.40. The van der Waals surface area contributed by atoms with Crippen LogP contribution in [-0.4, -0.2) is 29.0 Å². The van der Waals surface area contributed by atoms with E-state index in [9.17, 15) is 0 Å². The maximum absolute atomic E-state index is 5.91. The van der Waals surface area contributed by atoms with E-state index in [4.69, 9.17) is 5.73 Å². The summed E-state index contributed by atoms with van der Waals surface area (Å²) in [5.41, 5.74) is 7.13. The third kappa shape index (κ3) is 3.06. The molecular formula is C13H23N3S. The van der Waals surface area contributed by atoms with Gasteiger partial charge in [0.25, 0.3) is 0 Å². The summed E-state index contributed by atoms with van der Waals surface area (Å²) >= 11 is 1.78. The number of likely N-dealkylation sites (tertiary alicyclic amines) is 1. The molecule has 0 bridgehead atoms. The summed E-state index contributed by atoms with van der Waals surface area (Å²) in [5, 5.41) is 3.44. The molecule has 0 aromatic carbocycles. The van der Waals surface area contributed by atoms with Crippen molar-refractivity contribution in [2.75, 3.05) is 13.1 Å². The molecule has 1 aromatic rings. The van der Waals surface area contributed by atoms with Gasteiger partial charge in [-0.3, -0.25) is 4.90 Å². The number of hydrogen-bond acceptors (Lipinski definition) is 4. The second kappa shape index (κ2) is 5.94. The number of nitrogens with two attached hydrogens (primary N) is 1. The highest BCUT2D eigenvalue weighted by atomic mass is 32.1. The fourth-order valence-corrected chi connectivity index (χ4v) is 3.44. The van der Waals surface area contributed by atoms with Crippen LogP contribution in [0.25, 0.3) is 0 Å². The average molecular weight is 253 g/mol. The van der Waals surface area contributed by atoms with E-state index >= 15 is 0 Å². The van der Waals surface area contributed by atoms with Crippen molar-refractivity contribution in [2.24, 2.45) is 11.7 Å². The van der Waals surface area contributed by atoms with E-state index in [2.05, 4.69) is 29.1 Å². The van der Waals surface area contributed by atoms with Gasteiger partial charge < -0.3 is 5.73 Å². The SMILES string of the molecule is CCc1nc(CN2CCCC(C)C2CN)cs1. The van der Waals surface area contributed by atoms with Gasteiger partial charge in [0.15, 0.2) is 0 Å². The molecule has 96 valence electrons. The second-order valence-electron chi connectivity index (χ2n) is 4.98. The lowest BCUT2D eigenvalue weighted by Gasteiger charge is -2.39. The lowest BCUT2D eigenvalue weighted by Crippen LogP contribution is -2.48. The van der Waals surface area contributed by atoms with E-state index in [1.165, 1.54) is 30.1 Å². The van der Waals surface area contributed by atoms with Crippen molar-refractivity contribution in [3.8, 4) is 0 Å². The van der Waals surface area contributed by atoms with Gasteiger partial charge in [0.1, 0.15) is 0 Å². The molecule has 4 heteroatoms. The van der Waals surface area contributed by atoms with Crippen LogP contribution in [0.4, 0.5) is 0 Å². The Hall–Kier alpha value is -0.450. The molecule has 0 radical (unpaired) electrons. The van der Waals surface area contributed by atoms with Crippen LogP contribution in [-0.2, 0) is 13.0 Å². The van der Waals surface area contributed by atoms with Gasteiger partial charge in [-0.25, -0.2) is 4.98 Å². The van der Waals surface area contributed by atoms with Crippen molar-refractivity contribution >= 4 is 11.3 Å². The molecule has 2 rings (SSSR count).